The van der Waals surface area contributed by atoms with Gasteiger partial charge in [-0.25, -0.2) is 9.37 Å². The molecular weight excluding hydrogens is 421 g/mol. The fourth-order valence-electron chi connectivity index (χ4n) is 2.90. The molecule has 9 heteroatoms. The van der Waals surface area contributed by atoms with Gasteiger partial charge in [0, 0.05) is 11.9 Å². The first-order valence-corrected chi connectivity index (χ1v) is 10.4. The third-order valence-corrected chi connectivity index (χ3v) is 5.24. The van der Waals surface area contributed by atoms with E-state index in [9.17, 15) is 14.0 Å². The molecule has 0 unspecified atom stereocenters. The van der Waals surface area contributed by atoms with Crippen LogP contribution in [0, 0.1) is 5.82 Å². The SMILES string of the molecule is COc1ccc(OC)c(CCNC(=O)Cc2csc(NC(=O)c3ccccc3F)n2)c1. The summed E-state index contributed by atoms with van der Waals surface area (Å²) in [5, 5.41) is 7.38. The van der Waals surface area contributed by atoms with Gasteiger partial charge in [0.1, 0.15) is 17.3 Å². The molecule has 7 nitrogen and oxygen atoms in total. The number of carbonyl (C=O) groups is 2. The minimum Gasteiger partial charge on any atom is -0.497 e. The van der Waals surface area contributed by atoms with Crippen LogP contribution in [0.15, 0.2) is 47.8 Å². The Bertz CT molecular complexity index is 1070. The maximum atomic E-state index is 13.7. The van der Waals surface area contributed by atoms with Crippen LogP contribution in [0.1, 0.15) is 21.6 Å². The van der Waals surface area contributed by atoms with Crippen LogP contribution in [0.3, 0.4) is 0 Å². The fourth-order valence-corrected chi connectivity index (χ4v) is 3.60. The second-order valence-corrected chi connectivity index (χ2v) is 7.39. The van der Waals surface area contributed by atoms with Crippen molar-refractivity contribution >= 4 is 28.3 Å². The van der Waals surface area contributed by atoms with E-state index in [2.05, 4.69) is 15.6 Å². The number of rotatable bonds is 9. The van der Waals surface area contributed by atoms with Crippen LogP contribution < -0.4 is 20.1 Å². The standard InChI is InChI=1S/C22H22FN3O4S/c1-29-16-7-8-19(30-2)14(11-16)9-10-24-20(27)12-15-13-31-22(25-15)26-21(28)17-5-3-4-6-18(17)23/h3-8,11,13H,9-10,12H2,1-2H3,(H,24,27)(H,25,26,28). The van der Waals surface area contributed by atoms with E-state index in [-0.39, 0.29) is 17.9 Å². The number of ether oxygens (including phenoxy) is 2. The third kappa shape index (κ3) is 6.02. The smallest absolute Gasteiger partial charge is 0.260 e. The van der Waals surface area contributed by atoms with Crippen molar-refractivity contribution in [1.82, 2.24) is 10.3 Å². The second kappa shape index (κ2) is 10.5. The molecule has 2 aromatic carbocycles. The number of aromatic nitrogens is 1. The van der Waals surface area contributed by atoms with Crippen molar-refractivity contribution in [3.63, 3.8) is 0 Å². The Morgan fingerprint density at radius 3 is 2.68 bits per heavy atom. The predicted molar refractivity (Wildman–Crippen MR) is 116 cm³/mol. The van der Waals surface area contributed by atoms with Crippen LogP contribution in [0.5, 0.6) is 11.5 Å². The summed E-state index contributed by atoms with van der Waals surface area (Å²) in [5.74, 6) is 0.0537. The summed E-state index contributed by atoms with van der Waals surface area (Å²) in [5.41, 5.74) is 1.38. The number of halogens is 1. The van der Waals surface area contributed by atoms with Crippen molar-refractivity contribution in [3.05, 3.63) is 70.5 Å². The van der Waals surface area contributed by atoms with E-state index in [4.69, 9.17) is 9.47 Å². The van der Waals surface area contributed by atoms with Gasteiger partial charge in [0.05, 0.1) is 31.9 Å². The average Bonchev–Trinajstić information content (AvgIpc) is 3.20. The molecule has 0 aliphatic carbocycles. The molecule has 0 aliphatic rings. The van der Waals surface area contributed by atoms with E-state index in [1.165, 1.54) is 29.5 Å². The van der Waals surface area contributed by atoms with Crippen molar-refractivity contribution in [2.75, 3.05) is 26.1 Å². The first-order chi connectivity index (χ1) is 15.0. The van der Waals surface area contributed by atoms with Crippen molar-refractivity contribution in [3.8, 4) is 11.5 Å². The fraction of sp³-hybridized carbons (Fsp3) is 0.227. The highest BCUT2D eigenvalue weighted by molar-refractivity contribution is 7.14. The molecule has 0 bridgehead atoms. The predicted octanol–water partition coefficient (Wildman–Crippen LogP) is 3.45. The van der Waals surface area contributed by atoms with Gasteiger partial charge in [-0.1, -0.05) is 12.1 Å². The number of nitrogens with one attached hydrogen (secondary N) is 2. The number of methoxy groups -OCH3 is 2. The average molecular weight is 444 g/mol. The van der Waals surface area contributed by atoms with Gasteiger partial charge in [-0.05, 0) is 42.3 Å². The van der Waals surface area contributed by atoms with E-state index < -0.39 is 11.7 Å². The Balaban J connectivity index is 1.50. The third-order valence-electron chi connectivity index (χ3n) is 4.44. The van der Waals surface area contributed by atoms with E-state index in [1.807, 2.05) is 18.2 Å². The van der Waals surface area contributed by atoms with Crippen LogP contribution in [-0.2, 0) is 17.6 Å². The Hall–Kier alpha value is -3.46. The molecule has 0 fully saturated rings. The quantitative estimate of drug-likeness (QED) is 0.529. The van der Waals surface area contributed by atoms with Crippen LogP contribution in [0.4, 0.5) is 9.52 Å². The molecule has 0 spiro atoms. The van der Waals surface area contributed by atoms with E-state index in [1.54, 1.807) is 25.7 Å². The molecule has 1 heterocycles. The number of hydrogen-bond acceptors (Lipinski definition) is 6. The molecule has 2 N–H and O–H groups in total. The van der Waals surface area contributed by atoms with E-state index in [0.29, 0.717) is 23.8 Å². The molecule has 0 saturated carbocycles. The van der Waals surface area contributed by atoms with Gasteiger partial charge in [-0.2, -0.15) is 0 Å². The van der Waals surface area contributed by atoms with Crippen LogP contribution in [-0.4, -0.2) is 37.6 Å². The van der Waals surface area contributed by atoms with E-state index >= 15 is 0 Å². The van der Waals surface area contributed by atoms with Crippen molar-refractivity contribution in [1.29, 1.82) is 0 Å². The number of benzene rings is 2. The number of amides is 2. The van der Waals surface area contributed by atoms with Crippen LogP contribution in [0.25, 0.3) is 0 Å². The topological polar surface area (TPSA) is 89.5 Å². The van der Waals surface area contributed by atoms with E-state index in [0.717, 1.165) is 17.1 Å². The summed E-state index contributed by atoms with van der Waals surface area (Å²) in [4.78, 5) is 28.6. The van der Waals surface area contributed by atoms with Gasteiger partial charge < -0.3 is 14.8 Å². The minimum absolute atomic E-state index is 0.0648. The summed E-state index contributed by atoms with van der Waals surface area (Å²) in [6, 6.07) is 11.2. The van der Waals surface area contributed by atoms with Gasteiger partial charge in [0.15, 0.2) is 5.13 Å². The zero-order valence-corrected chi connectivity index (χ0v) is 17.9. The summed E-state index contributed by atoms with van der Waals surface area (Å²) >= 11 is 1.17. The van der Waals surface area contributed by atoms with Crippen LogP contribution in [0.2, 0.25) is 0 Å². The maximum Gasteiger partial charge on any atom is 0.260 e. The number of hydrogen-bond donors (Lipinski definition) is 2. The number of thiazole rings is 1. The zero-order valence-electron chi connectivity index (χ0n) is 17.1. The first-order valence-electron chi connectivity index (χ1n) is 9.48. The van der Waals surface area contributed by atoms with Gasteiger partial charge in [0.2, 0.25) is 5.91 Å². The normalized spacial score (nSPS) is 10.4. The number of nitrogens with zero attached hydrogens (tertiary/aromatic N) is 1. The molecule has 1 aromatic heterocycles. The Kier molecular flexibility index (Phi) is 7.55. The van der Waals surface area contributed by atoms with Gasteiger partial charge >= 0.3 is 0 Å². The highest BCUT2D eigenvalue weighted by atomic mass is 32.1. The lowest BCUT2D eigenvalue weighted by Gasteiger charge is -2.11. The minimum atomic E-state index is -0.608. The lowest BCUT2D eigenvalue weighted by atomic mass is 10.1. The highest BCUT2D eigenvalue weighted by Gasteiger charge is 2.14. The number of anilines is 1. The summed E-state index contributed by atoms with van der Waals surface area (Å²) in [6.45, 7) is 0.420. The second-order valence-electron chi connectivity index (χ2n) is 6.53. The monoisotopic (exact) mass is 443 g/mol. The largest absolute Gasteiger partial charge is 0.497 e. The lowest BCUT2D eigenvalue weighted by molar-refractivity contribution is -0.120. The molecule has 2 amide bonds. The molecule has 3 aromatic rings. The molecule has 162 valence electrons. The number of carbonyl (C=O) groups excluding carboxylic acids is 2. The highest BCUT2D eigenvalue weighted by Crippen LogP contribution is 2.24. The molecule has 0 saturated heterocycles. The van der Waals surface area contributed by atoms with Crippen molar-refractivity contribution < 1.29 is 23.5 Å². The Morgan fingerprint density at radius 1 is 1.13 bits per heavy atom. The lowest BCUT2D eigenvalue weighted by Crippen LogP contribution is -2.27. The Labute approximate surface area is 183 Å². The summed E-state index contributed by atoms with van der Waals surface area (Å²) < 4.78 is 24.3. The summed E-state index contributed by atoms with van der Waals surface area (Å²) in [7, 11) is 3.18. The first kappa shape index (κ1) is 22.2. The molecule has 0 atom stereocenters. The molecule has 31 heavy (non-hydrogen) atoms. The Morgan fingerprint density at radius 2 is 1.94 bits per heavy atom. The summed E-state index contributed by atoms with van der Waals surface area (Å²) in [6.07, 6.45) is 0.647. The van der Waals surface area contributed by atoms with Crippen molar-refractivity contribution in [2.24, 2.45) is 0 Å². The molecule has 0 aliphatic heterocycles. The zero-order chi connectivity index (χ0) is 22.2. The molecular formula is C22H22FN3O4S. The van der Waals surface area contributed by atoms with Crippen molar-refractivity contribution in [2.45, 2.75) is 12.8 Å². The van der Waals surface area contributed by atoms with Gasteiger partial charge in [0.25, 0.3) is 5.91 Å². The maximum absolute atomic E-state index is 13.7. The molecule has 3 rings (SSSR count). The molecule has 0 radical (unpaired) electrons. The van der Waals surface area contributed by atoms with Crippen LogP contribution >= 0.6 is 11.3 Å². The van der Waals surface area contributed by atoms with Gasteiger partial charge in [-0.15, -0.1) is 11.3 Å². The van der Waals surface area contributed by atoms with Gasteiger partial charge in [-0.3, -0.25) is 14.9 Å².